The Balaban J connectivity index is 0.000000547. The fourth-order valence-electron chi connectivity index (χ4n) is 3.26. The van der Waals surface area contributed by atoms with Gasteiger partial charge in [0.1, 0.15) is 5.82 Å². The molecule has 0 saturated carbocycles. The van der Waals surface area contributed by atoms with Crippen LogP contribution in [0, 0.1) is 23.6 Å². The van der Waals surface area contributed by atoms with Crippen molar-refractivity contribution in [3.05, 3.63) is 89.0 Å². The molecule has 1 unspecified atom stereocenters. The first kappa shape index (κ1) is 31.1. The van der Waals surface area contributed by atoms with E-state index in [2.05, 4.69) is 46.9 Å². The summed E-state index contributed by atoms with van der Waals surface area (Å²) in [6.45, 7) is 13.3. The van der Waals surface area contributed by atoms with Gasteiger partial charge in [0.15, 0.2) is 0 Å². The second kappa shape index (κ2) is 14.4. The molecule has 0 bridgehead atoms. The van der Waals surface area contributed by atoms with E-state index >= 15 is 0 Å². The first-order valence-electron chi connectivity index (χ1n) is 10.0. The Morgan fingerprint density at radius 3 is 2.00 bits per heavy atom. The van der Waals surface area contributed by atoms with E-state index in [1.54, 1.807) is 29.4 Å². The Hall–Kier alpha value is -0.930. The molecule has 6 heteroatoms. The van der Waals surface area contributed by atoms with E-state index in [1.165, 1.54) is 22.8 Å². The number of benzene rings is 2. The van der Waals surface area contributed by atoms with Crippen LogP contribution < -0.4 is 0 Å². The average molecular weight is 571 g/mol. The zero-order valence-corrected chi connectivity index (χ0v) is 24.4. The van der Waals surface area contributed by atoms with Crippen LogP contribution in [-0.2, 0) is 23.3 Å². The van der Waals surface area contributed by atoms with E-state index in [4.69, 9.17) is 0 Å². The maximum atomic E-state index is 13.5. The van der Waals surface area contributed by atoms with Crippen molar-refractivity contribution in [1.29, 1.82) is 0 Å². The third-order valence-electron chi connectivity index (χ3n) is 5.12. The smallest absolute Gasteiger partial charge is 0.107 e. The molecule has 1 aliphatic rings. The van der Waals surface area contributed by atoms with Crippen molar-refractivity contribution in [1.82, 2.24) is 0 Å². The molecule has 3 aromatic rings. The maximum Gasteiger partial charge on any atom is 0.107 e. The monoisotopic (exact) mass is 568 g/mol. The molecule has 0 saturated heterocycles. The van der Waals surface area contributed by atoms with Gasteiger partial charge >= 0.3 is 41.9 Å². The second-order valence-corrected chi connectivity index (χ2v) is 17.1. The van der Waals surface area contributed by atoms with Gasteiger partial charge in [-0.15, -0.1) is 60.2 Å². The molecular weight excluding hydrogens is 540 g/mol. The van der Waals surface area contributed by atoms with Gasteiger partial charge in [-0.3, -0.25) is 10.5 Å². The summed E-state index contributed by atoms with van der Waals surface area (Å²) >= 11 is 1.74. The van der Waals surface area contributed by atoms with Crippen molar-refractivity contribution in [3.8, 4) is 11.1 Å². The average Bonchev–Trinajstić information content (AvgIpc) is 3.20. The number of allylic oxidation sites excluding steroid dienone is 4. The largest absolute Gasteiger partial charge is 0.265 e. The Morgan fingerprint density at radius 1 is 1.00 bits per heavy atom. The summed E-state index contributed by atoms with van der Waals surface area (Å²) in [6, 6.07) is 15.4. The van der Waals surface area contributed by atoms with Crippen LogP contribution in [0.25, 0.3) is 21.9 Å². The summed E-state index contributed by atoms with van der Waals surface area (Å²) in [5, 5.41) is 1.08. The Kier molecular flexibility index (Phi) is 13.9. The van der Waals surface area contributed by atoms with Gasteiger partial charge in [0.25, 0.3) is 0 Å². The molecule has 0 nitrogen and oxygen atoms in total. The van der Waals surface area contributed by atoms with Crippen molar-refractivity contribution in [2.75, 3.05) is 0 Å². The van der Waals surface area contributed by atoms with Crippen LogP contribution in [0.15, 0.2) is 71.3 Å². The zero-order valence-electron chi connectivity index (χ0n) is 19.3. The molecule has 0 fully saturated rings. The molecule has 1 atom stereocenters. The molecule has 0 N–H and O–H groups in total. The fourth-order valence-corrected chi connectivity index (χ4v) is 3.26. The molecule has 0 aromatic heterocycles. The molecule has 0 aliphatic heterocycles. The third-order valence-corrected chi connectivity index (χ3v) is 5.12. The van der Waals surface area contributed by atoms with E-state index in [1.807, 2.05) is 36.4 Å². The summed E-state index contributed by atoms with van der Waals surface area (Å²) in [7, 11) is 0. The number of hydrogen-bond donors (Lipinski definition) is 0. The maximum absolute atomic E-state index is 13.5. The number of hydrogen-bond acceptors (Lipinski definition) is 0. The van der Waals surface area contributed by atoms with Gasteiger partial charge in [-0.05, 0) is 6.07 Å². The molecule has 32 heavy (non-hydrogen) atoms. The Labute approximate surface area is 218 Å². The summed E-state index contributed by atoms with van der Waals surface area (Å²) in [5.74, 6) is -0.495. The standard InChI is InChI=1S/C15H9F2.C9H13.C2H6Si.2ClH.Zr/c16-11-8-14-12(10-4-2-1-3-5-10)6-7-13(14)15(17)9-11;1-6-5-7(2)9(4)8(6)3;1-3-2;;;/h1-9H;6H,1-4H3;1-2H3;2*1H;/q2*-1;;;;+2. The third kappa shape index (κ3) is 8.45. The summed E-state index contributed by atoms with van der Waals surface area (Å²) < 4.78 is 26.8. The van der Waals surface area contributed by atoms with Crippen molar-refractivity contribution in [2.24, 2.45) is 5.92 Å². The van der Waals surface area contributed by atoms with Crippen LogP contribution in [0.1, 0.15) is 27.7 Å². The van der Waals surface area contributed by atoms with Gasteiger partial charge in [0.2, 0.25) is 0 Å². The topological polar surface area (TPSA) is 0 Å². The van der Waals surface area contributed by atoms with Crippen molar-refractivity contribution >= 4 is 41.0 Å². The van der Waals surface area contributed by atoms with Crippen LogP contribution in [0.3, 0.4) is 0 Å². The van der Waals surface area contributed by atoms with Crippen LogP contribution in [-0.4, -0.2) is 5.43 Å². The molecule has 1 aliphatic carbocycles. The number of rotatable bonds is 1. The van der Waals surface area contributed by atoms with Gasteiger partial charge in [0.05, 0.1) is 0 Å². The van der Waals surface area contributed by atoms with E-state index in [-0.39, 0.29) is 30.2 Å². The summed E-state index contributed by atoms with van der Waals surface area (Å²) in [5.41, 5.74) is 6.28. The molecule has 170 valence electrons. The van der Waals surface area contributed by atoms with E-state index in [0.717, 1.165) is 17.2 Å². The predicted octanol–water partition coefficient (Wildman–Crippen LogP) is 8.85. The number of fused-ring (bicyclic) bond motifs is 1. The van der Waals surface area contributed by atoms with Crippen LogP contribution in [0.2, 0.25) is 13.1 Å². The predicted molar refractivity (Wildman–Crippen MR) is 137 cm³/mol. The molecule has 0 heterocycles. The molecular formula is C26H30Cl2F2SiZr. The van der Waals surface area contributed by atoms with E-state index in [9.17, 15) is 8.78 Å². The fraction of sp³-hybridized carbons (Fsp3) is 0.269. The summed E-state index contributed by atoms with van der Waals surface area (Å²) in [6.07, 6.45) is 3.36. The van der Waals surface area contributed by atoms with Gasteiger partial charge in [-0.1, -0.05) is 68.7 Å². The van der Waals surface area contributed by atoms with Gasteiger partial charge in [0, 0.05) is 5.82 Å². The first-order chi connectivity index (χ1) is 14.1. The molecule has 3 aromatic carbocycles. The minimum atomic E-state index is -0.543. The molecule has 0 amide bonds. The molecule has 0 radical (unpaired) electrons. The van der Waals surface area contributed by atoms with Gasteiger partial charge < -0.3 is 0 Å². The second-order valence-electron chi connectivity index (χ2n) is 7.76. The number of halogens is 4. The van der Waals surface area contributed by atoms with E-state index < -0.39 is 11.6 Å². The Morgan fingerprint density at radius 2 is 1.56 bits per heavy atom. The van der Waals surface area contributed by atoms with Gasteiger partial charge in [-0.25, -0.2) is 9.96 Å². The van der Waals surface area contributed by atoms with Crippen molar-refractivity contribution in [3.63, 3.8) is 0 Å². The Bertz CT molecular complexity index is 1100. The quantitative estimate of drug-likeness (QED) is 0.203. The minimum absolute atomic E-state index is 0. The van der Waals surface area contributed by atoms with Crippen LogP contribution in [0.5, 0.6) is 0 Å². The SMILES string of the molecule is CC1=[C-]C(C)C(C)=C1C.C[Si](C)=[Zr+2].Cl.Cl.Fc1cc(F)c2[cH-]cc(-c3ccccc3)c2c1. The van der Waals surface area contributed by atoms with Crippen LogP contribution in [0.4, 0.5) is 8.78 Å². The normalized spacial score (nSPS) is 14.3. The van der Waals surface area contributed by atoms with Crippen molar-refractivity contribution in [2.45, 2.75) is 40.8 Å². The molecule has 0 spiro atoms. The summed E-state index contributed by atoms with van der Waals surface area (Å²) in [4.78, 5) is 0. The van der Waals surface area contributed by atoms with Crippen molar-refractivity contribution < 1.29 is 32.1 Å². The zero-order chi connectivity index (χ0) is 22.4. The molecule has 4 rings (SSSR count). The first-order valence-corrected chi connectivity index (χ1v) is 16.2. The van der Waals surface area contributed by atoms with E-state index in [0.29, 0.717) is 16.7 Å². The minimum Gasteiger partial charge on any atom is -0.265 e. The van der Waals surface area contributed by atoms with Gasteiger partial charge in [-0.2, -0.15) is 11.1 Å². The van der Waals surface area contributed by atoms with Crippen LogP contribution >= 0.6 is 24.8 Å².